The highest BCUT2D eigenvalue weighted by atomic mass is 35.5. The molecule has 5 heteroatoms. The van der Waals surface area contributed by atoms with Crippen LogP contribution in [0.2, 0.25) is 5.02 Å². The number of nitrogen functional groups attached to an aromatic ring is 1. The molecule has 0 radical (unpaired) electrons. The number of rotatable bonds is 3. The third kappa shape index (κ3) is 3.53. The topological polar surface area (TPSA) is 58.4 Å². The fraction of sp³-hybridized carbons (Fsp3) is 0.500. The fourth-order valence-corrected chi connectivity index (χ4v) is 2.58. The van der Waals surface area contributed by atoms with Crippen LogP contribution >= 0.6 is 11.6 Å². The lowest BCUT2D eigenvalue weighted by Crippen LogP contribution is -2.43. The molecule has 0 aromatic heterocycles. The monoisotopic (exact) mass is 281 g/mol. The van der Waals surface area contributed by atoms with Crippen LogP contribution in [0, 0.1) is 0 Å². The molecule has 0 aliphatic carbocycles. The van der Waals surface area contributed by atoms with Gasteiger partial charge < -0.3 is 16.0 Å². The van der Waals surface area contributed by atoms with Gasteiger partial charge in [0.2, 0.25) is 5.91 Å². The normalized spacial score (nSPS) is 17.1. The van der Waals surface area contributed by atoms with Gasteiger partial charge in [0.05, 0.1) is 10.7 Å². The average Bonchev–Trinajstić information content (AvgIpc) is 2.42. The summed E-state index contributed by atoms with van der Waals surface area (Å²) in [5.74, 6) is 0.132. The zero-order valence-corrected chi connectivity index (χ0v) is 11.9. The summed E-state index contributed by atoms with van der Waals surface area (Å²) in [6, 6.07) is 4.98. The second-order valence-corrected chi connectivity index (χ2v) is 5.40. The Morgan fingerprint density at radius 3 is 2.68 bits per heavy atom. The number of nitrogens with zero attached hydrogens (tertiary/aromatic N) is 1. The SMILES string of the molecule is CC(Nc1ccc(N)cc1Cl)C(=O)N1CCCCC1. The van der Waals surface area contributed by atoms with Crippen LogP contribution in [0.25, 0.3) is 0 Å². The van der Waals surface area contributed by atoms with E-state index < -0.39 is 0 Å². The molecule has 0 spiro atoms. The van der Waals surface area contributed by atoms with Crippen LogP contribution in [0.3, 0.4) is 0 Å². The fourth-order valence-electron chi connectivity index (χ4n) is 2.33. The van der Waals surface area contributed by atoms with Crippen molar-refractivity contribution in [1.29, 1.82) is 0 Å². The number of hydrogen-bond acceptors (Lipinski definition) is 3. The van der Waals surface area contributed by atoms with E-state index in [1.807, 2.05) is 11.8 Å². The zero-order chi connectivity index (χ0) is 13.8. The number of carbonyl (C=O) groups excluding carboxylic acids is 1. The van der Waals surface area contributed by atoms with E-state index in [2.05, 4.69) is 5.32 Å². The molecule has 1 aromatic rings. The quantitative estimate of drug-likeness (QED) is 0.838. The second-order valence-electron chi connectivity index (χ2n) is 4.99. The van der Waals surface area contributed by atoms with Gasteiger partial charge in [-0.3, -0.25) is 4.79 Å². The Kier molecular flexibility index (Phi) is 4.53. The summed E-state index contributed by atoms with van der Waals surface area (Å²) in [7, 11) is 0. The van der Waals surface area contributed by atoms with Crippen molar-refractivity contribution in [3.63, 3.8) is 0 Å². The molecule has 1 saturated heterocycles. The molecule has 1 aromatic carbocycles. The molecule has 104 valence electrons. The van der Waals surface area contributed by atoms with Gasteiger partial charge in [0.15, 0.2) is 0 Å². The number of nitrogens with two attached hydrogens (primary N) is 1. The number of halogens is 1. The molecule has 4 nitrogen and oxygen atoms in total. The Morgan fingerprint density at radius 1 is 1.37 bits per heavy atom. The molecule has 1 amide bonds. The molecule has 3 N–H and O–H groups in total. The van der Waals surface area contributed by atoms with Crippen LogP contribution in [0.1, 0.15) is 26.2 Å². The first kappa shape index (κ1) is 14.0. The number of hydrogen-bond donors (Lipinski definition) is 2. The summed E-state index contributed by atoms with van der Waals surface area (Å²) in [6.45, 7) is 3.59. The molecular weight excluding hydrogens is 262 g/mol. The third-order valence-electron chi connectivity index (χ3n) is 3.40. The van der Waals surface area contributed by atoms with Gasteiger partial charge in [-0.2, -0.15) is 0 Å². The summed E-state index contributed by atoms with van der Waals surface area (Å²) in [5, 5.41) is 3.70. The Hall–Kier alpha value is -1.42. The maximum absolute atomic E-state index is 12.3. The summed E-state index contributed by atoms with van der Waals surface area (Å²) < 4.78 is 0. The highest BCUT2D eigenvalue weighted by Crippen LogP contribution is 2.25. The maximum atomic E-state index is 12.3. The Balaban J connectivity index is 1.99. The van der Waals surface area contributed by atoms with Crippen molar-refractivity contribution in [3.8, 4) is 0 Å². The molecule has 1 aliphatic rings. The molecule has 0 bridgehead atoms. The zero-order valence-electron chi connectivity index (χ0n) is 11.2. The number of nitrogens with one attached hydrogen (secondary N) is 1. The summed E-state index contributed by atoms with van der Waals surface area (Å²) in [4.78, 5) is 14.2. The first-order chi connectivity index (χ1) is 9.08. The van der Waals surface area contributed by atoms with Gasteiger partial charge in [-0.25, -0.2) is 0 Å². The van der Waals surface area contributed by atoms with Crippen LogP contribution in [0.5, 0.6) is 0 Å². The Morgan fingerprint density at radius 2 is 2.05 bits per heavy atom. The number of amides is 1. The lowest BCUT2D eigenvalue weighted by atomic mass is 10.1. The lowest BCUT2D eigenvalue weighted by Gasteiger charge is -2.29. The van der Waals surface area contributed by atoms with Gasteiger partial charge in [-0.1, -0.05) is 11.6 Å². The Bertz CT molecular complexity index is 458. The highest BCUT2D eigenvalue weighted by molar-refractivity contribution is 6.33. The van der Waals surface area contributed by atoms with Crippen molar-refractivity contribution in [1.82, 2.24) is 4.90 Å². The van der Waals surface area contributed by atoms with Crippen molar-refractivity contribution >= 4 is 28.9 Å². The molecule has 1 fully saturated rings. The lowest BCUT2D eigenvalue weighted by molar-refractivity contribution is -0.132. The van der Waals surface area contributed by atoms with Gasteiger partial charge in [0.1, 0.15) is 6.04 Å². The van der Waals surface area contributed by atoms with Gasteiger partial charge in [0.25, 0.3) is 0 Å². The first-order valence-corrected chi connectivity index (χ1v) is 7.06. The molecule has 1 unspecified atom stereocenters. The minimum atomic E-state index is -0.278. The highest BCUT2D eigenvalue weighted by Gasteiger charge is 2.22. The average molecular weight is 282 g/mol. The van der Waals surface area contributed by atoms with Gasteiger partial charge in [0, 0.05) is 18.8 Å². The molecule has 0 saturated carbocycles. The third-order valence-corrected chi connectivity index (χ3v) is 3.72. The van der Waals surface area contributed by atoms with E-state index in [1.165, 1.54) is 6.42 Å². The van der Waals surface area contributed by atoms with Crippen molar-refractivity contribution in [2.24, 2.45) is 0 Å². The van der Waals surface area contributed by atoms with E-state index >= 15 is 0 Å². The van der Waals surface area contributed by atoms with Crippen LogP contribution in [0.4, 0.5) is 11.4 Å². The molecule has 1 heterocycles. The predicted octanol–water partition coefficient (Wildman–Crippen LogP) is 2.74. The van der Waals surface area contributed by atoms with Crippen molar-refractivity contribution in [2.75, 3.05) is 24.1 Å². The summed E-state index contributed by atoms with van der Waals surface area (Å²) in [5.41, 5.74) is 7.01. The van der Waals surface area contributed by atoms with Gasteiger partial charge >= 0.3 is 0 Å². The molecule has 1 aliphatic heterocycles. The van der Waals surface area contributed by atoms with Crippen LogP contribution < -0.4 is 11.1 Å². The van der Waals surface area contributed by atoms with Crippen LogP contribution in [-0.4, -0.2) is 29.9 Å². The molecule has 1 atom stereocenters. The standard InChI is InChI=1S/C14H20ClN3O/c1-10(14(19)18-7-3-2-4-8-18)17-13-6-5-11(16)9-12(13)15/h5-6,9-10,17H,2-4,7-8,16H2,1H3. The summed E-state index contributed by atoms with van der Waals surface area (Å²) >= 11 is 6.10. The van der Waals surface area contributed by atoms with Crippen LogP contribution in [-0.2, 0) is 4.79 Å². The Labute approximate surface area is 118 Å². The minimum absolute atomic E-state index is 0.132. The summed E-state index contributed by atoms with van der Waals surface area (Å²) in [6.07, 6.45) is 3.41. The van der Waals surface area contributed by atoms with E-state index in [0.29, 0.717) is 10.7 Å². The molecular formula is C14H20ClN3O. The van der Waals surface area contributed by atoms with Crippen molar-refractivity contribution < 1.29 is 4.79 Å². The first-order valence-electron chi connectivity index (χ1n) is 6.68. The van der Waals surface area contributed by atoms with E-state index in [9.17, 15) is 4.79 Å². The van der Waals surface area contributed by atoms with Crippen molar-refractivity contribution in [2.45, 2.75) is 32.2 Å². The van der Waals surface area contributed by atoms with Crippen molar-refractivity contribution in [3.05, 3.63) is 23.2 Å². The predicted molar refractivity (Wildman–Crippen MR) is 79.4 cm³/mol. The van der Waals surface area contributed by atoms with Crippen LogP contribution in [0.15, 0.2) is 18.2 Å². The largest absolute Gasteiger partial charge is 0.399 e. The number of carbonyl (C=O) groups is 1. The second kappa shape index (κ2) is 6.15. The molecule has 19 heavy (non-hydrogen) atoms. The number of likely N-dealkylation sites (tertiary alicyclic amines) is 1. The van der Waals surface area contributed by atoms with E-state index in [4.69, 9.17) is 17.3 Å². The number of piperidine rings is 1. The number of benzene rings is 1. The van der Waals surface area contributed by atoms with E-state index in [-0.39, 0.29) is 11.9 Å². The van der Waals surface area contributed by atoms with Gasteiger partial charge in [-0.15, -0.1) is 0 Å². The van der Waals surface area contributed by atoms with E-state index in [1.54, 1.807) is 18.2 Å². The smallest absolute Gasteiger partial charge is 0.244 e. The minimum Gasteiger partial charge on any atom is -0.399 e. The number of anilines is 2. The molecule has 2 rings (SSSR count). The maximum Gasteiger partial charge on any atom is 0.244 e. The van der Waals surface area contributed by atoms with E-state index in [0.717, 1.165) is 31.6 Å². The van der Waals surface area contributed by atoms with Gasteiger partial charge in [-0.05, 0) is 44.4 Å².